The van der Waals surface area contributed by atoms with Crippen LogP contribution in [0.3, 0.4) is 0 Å². The van der Waals surface area contributed by atoms with Gasteiger partial charge in [0.1, 0.15) is 0 Å². The number of carboxylic acids is 1. The van der Waals surface area contributed by atoms with Crippen molar-refractivity contribution in [3.05, 3.63) is 28.8 Å². The second kappa shape index (κ2) is 6.23. The molecule has 0 amide bonds. The van der Waals surface area contributed by atoms with E-state index in [1.807, 2.05) is 6.07 Å². The van der Waals surface area contributed by atoms with Crippen molar-refractivity contribution in [1.29, 1.82) is 0 Å². The number of carboxylic acid groups (broad SMARTS) is 1. The standard InChI is InChI=1S/C13H17ClN2O3/c14-11-7-9(10(8-15)13(17)18)1-2-12(11)16-3-5-19-6-4-16/h1-2,7,10H,3-6,8,15H2,(H,17,18). The predicted molar refractivity (Wildman–Crippen MR) is 73.9 cm³/mol. The van der Waals surface area contributed by atoms with Crippen molar-refractivity contribution in [3.63, 3.8) is 0 Å². The van der Waals surface area contributed by atoms with Gasteiger partial charge >= 0.3 is 5.97 Å². The van der Waals surface area contributed by atoms with Gasteiger partial charge in [-0.15, -0.1) is 0 Å². The Bertz CT molecular complexity index is 461. The Morgan fingerprint density at radius 1 is 1.47 bits per heavy atom. The van der Waals surface area contributed by atoms with Crippen LogP contribution in [0.1, 0.15) is 11.5 Å². The molecule has 1 atom stereocenters. The molecule has 0 spiro atoms. The molecule has 0 saturated carbocycles. The van der Waals surface area contributed by atoms with Crippen molar-refractivity contribution < 1.29 is 14.6 Å². The Balaban J connectivity index is 2.23. The fourth-order valence-corrected chi connectivity index (χ4v) is 2.49. The molecule has 2 rings (SSSR count). The second-order valence-electron chi connectivity index (χ2n) is 4.44. The van der Waals surface area contributed by atoms with Gasteiger partial charge in [-0.25, -0.2) is 0 Å². The van der Waals surface area contributed by atoms with Gasteiger partial charge in [0.05, 0.1) is 29.8 Å². The molecular weight excluding hydrogens is 268 g/mol. The van der Waals surface area contributed by atoms with E-state index in [-0.39, 0.29) is 6.54 Å². The maximum absolute atomic E-state index is 11.1. The number of rotatable bonds is 4. The Morgan fingerprint density at radius 2 is 2.16 bits per heavy atom. The number of aliphatic carboxylic acids is 1. The van der Waals surface area contributed by atoms with E-state index in [4.69, 9.17) is 27.2 Å². The number of nitrogens with two attached hydrogens (primary N) is 1. The number of benzene rings is 1. The number of morpholine rings is 1. The van der Waals surface area contributed by atoms with E-state index in [0.29, 0.717) is 23.8 Å². The van der Waals surface area contributed by atoms with Crippen LogP contribution in [-0.2, 0) is 9.53 Å². The quantitative estimate of drug-likeness (QED) is 0.872. The van der Waals surface area contributed by atoms with Crippen molar-refractivity contribution in [2.24, 2.45) is 5.73 Å². The molecular formula is C13H17ClN2O3. The van der Waals surface area contributed by atoms with Crippen molar-refractivity contribution in [2.75, 3.05) is 37.7 Å². The molecule has 1 aliphatic heterocycles. The topological polar surface area (TPSA) is 75.8 Å². The van der Waals surface area contributed by atoms with E-state index in [0.717, 1.165) is 18.8 Å². The van der Waals surface area contributed by atoms with Crippen LogP contribution in [-0.4, -0.2) is 43.9 Å². The van der Waals surface area contributed by atoms with E-state index in [9.17, 15) is 4.79 Å². The zero-order valence-electron chi connectivity index (χ0n) is 10.5. The third-order valence-electron chi connectivity index (χ3n) is 3.26. The van der Waals surface area contributed by atoms with E-state index >= 15 is 0 Å². The van der Waals surface area contributed by atoms with Gasteiger partial charge < -0.3 is 20.5 Å². The minimum atomic E-state index is -0.933. The molecule has 5 nitrogen and oxygen atoms in total. The lowest BCUT2D eigenvalue weighted by Gasteiger charge is -2.30. The van der Waals surface area contributed by atoms with Gasteiger partial charge in [0.2, 0.25) is 0 Å². The summed E-state index contributed by atoms with van der Waals surface area (Å²) in [5.41, 5.74) is 7.03. The lowest BCUT2D eigenvalue weighted by atomic mass is 9.99. The molecule has 1 aromatic rings. The minimum absolute atomic E-state index is 0.0581. The summed E-state index contributed by atoms with van der Waals surface area (Å²) in [6.07, 6.45) is 0. The van der Waals surface area contributed by atoms with Crippen LogP contribution in [0.25, 0.3) is 0 Å². The lowest BCUT2D eigenvalue weighted by Crippen LogP contribution is -2.36. The van der Waals surface area contributed by atoms with Crippen LogP contribution in [0.5, 0.6) is 0 Å². The average Bonchev–Trinajstić information content (AvgIpc) is 2.40. The fraction of sp³-hybridized carbons (Fsp3) is 0.462. The summed E-state index contributed by atoms with van der Waals surface area (Å²) in [5.74, 6) is -1.64. The maximum atomic E-state index is 11.1. The monoisotopic (exact) mass is 284 g/mol. The molecule has 3 N–H and O–H groups in total. The molecule has 1 aliphatic rings. The highest BCUT2D eigenvalue weighted by atomic mass is 35.5. The van der Waals surface area contributed by atoms with Crippen LogP contribution in [0.4, 0.5) is 5.69 Å². The first-order valence-electron chi connectivity index (χ1n) is 6.18. The molecule has 1 aromatic carbocycles. The summed E-state index contributed by atoms with van der Waals surface area (Å²) in [6.45, 7) is 3.00. The fourth-order valence-electron chi connectivity index (χ4n) is 2.18. The summed E-state index contributed by atoms with van der Waals surface area (Å²) in [7, 11) is 0. The number of anilines is 1. The molecule has 0 radical (unpaired) electrons. The highest BCUT2D eigenvalue weighted by Crippen LogP contribution is 2.30. The number of halogens is 1. The Kier molecular flexibility index (Phi) is 4.63. The normalized spacial score (nSPS) is 17.3. The Hall–Kier alpha value is -1.30. The maximum Gasteiger partial charge on any atom is 0.312 e. The number of nitrogens with zero attached hydrogens (tertiary/aromatic N) is 1. The molecule has 0 aromatic heterocycles. The van der Waals surface area contributed by atoms with Crippen LogP contribution < -0.4 is 10.6 Å². The van der Waals surface area contributed by atoms with Gasteiger partial charge in [-0.3, -0.25) is 4.79 Å². The number of carbonyl (C=O) groups is 1. The van der Waals surface area contributed by atoms with Crippen molar-refractivity contribution in [1.82, 2.24) is 0 Å². The van der Waals surface area contributed by atoms with Crippen molar-refractivity contribution in [2.45, 2.75) is 5.92 Å². The first-order chi connectivity index (χ1) is 9.13. The van der Waals surface area contributed by atoms with Crippen LogP contribution >= 0.6 is 11.6 Å². The molecule has 1 heterocycles. The van der Waals surface area contributed by atoms with E-state index in [2.05, 4.69) is 4.90 Å². The van der Waals surface area contributed by atoms with E-state index in [1.54, 1.807) is 12.1 Å². The minimum Gasteiger partial charge on any atom is -0.481 e. The molecule has 104 valence electrons. The van der Waals surface area contributed by atoms with Crippen LogP contribution in [0.15, 0.2) is 18.2 Å². The highest BCUT2D eigenvalue weighted by Gasteiger charge is 2.20. The third kappa shape index (κ3) is 3.18. The molecule has 1 unspecified atom stereocenters. The van der Waals surface area contributed by atoms with Gasteiger partial charge in [0.25, 0.3) is 0 Å². The largest absolute Gasteiger partial charge is 0.481 e. The first kappa shape index (κ1) is 14.1. The summed E-state index contributed by atoms with van der Waals surface area (Å²) < 4.78 is 5.29. The average molecular weight is 285 g/mol. The number of hydrogen-bond acceptors (Lipinski definition) is 4. The molecule has 0 bridgehead atoms. The molecule has 6 heteroatoms. The Labute approximate surface area is 116 Å². The second-order valence-corrected chi connectivity index (χ2v) is 4.84. The molecule has 1 fully saturated rings. The number of hydrogen-bond donors (Lipinski definition) is 2. The van der Waals surface area contributed by atoms with Gasteiger partial charge in [0.15, 0.2) is 0 Å². The van der Waals surface area contributed by atoms with Gasteiger partial charge in [-0.05, 0) is 17.7 Å². The third-order valence-corrected chi connectivity index (χ3v) is 3.56. The zero-order chi connectivity index (χ0) is 13.8. The summed E-state index contributed by atoms with van der Waals surface area (Å²) in [6, 6.07) is 5.33. The molecule has 0 aliphatic carbocycles. The van der Waals surface area contributed by atoms with Gasteiger partial charge in [-0.2, -0.15) is 0 Å². The smallest absolute Gasteiger partial charge is 0.312 e. The summed E-state index contributed by atoms with van der Waals surface area (Å²) in [5, 5.41) is 9.64. The number of ether oxygens (including phenoxy) is 1. The van der Waals surface area contributed by atoms with Gasteiger partial charge in [0, 0.05) is 19.6 Å². The van der Waals surface area contributed by atoms with Gasteiger partial charge in [-0.1, -0.05) is 17.7 Å². The van der Waals surface area contributed by atoms with E-state index in [1.165, 1.54) is 0 Å². The Morgan fingerprint density at radius 3 is 2.68 bits per heavy atom. The van der Waals surface area contributed by atoms with Crippen LogP contribution in [0.2, 0.25) is 5.02 Å². The summed E-state index contributed by atoms with van der Waals surface area (Å²) in [4.78, 5) is 13.2. The highest BCUT2D eigenvalue weighted by molar-refractivity contribution is 6.33. The SMILES string of the molecule is NCC(C(=O)O)c1ccc(N2CCOCC2)c(Cl)c1. The predicted octanol–water partition coefficient (Wildman–Crippen LogP) is 1.30. The summed E-state index contributed by atoms with van der Waals surface area (Å²) >= 11 is 6.25. The first-order valence-corrected chi connectivity index (χ1v) is 6.56. The molecule has 19 heavy (non-hydrogen) atoms. The van der Waals surface area contributed by atoms with Crippen molar-refractivity contribution >= 4 is 23.3 Å². The van der Waals surface area contributed by atoms with Crippen LogP contribution in [0, 0.1) is 0 Å². The lowest BCUT2D eigenvalue weighted by molar-refractivity contribution is -0.138. The zero-order valence-corrected chi connectivity index (χ0v) is 11.3. The van der Waals surface area contributed by atoms with E-state index < -0.39 is 11.9 Å². The van der Waals surface area contributed by atoms with Crippen molar-refractivity contribution in [3.8, 4) is 0 Å². The molecule has 1 saturated heterocycles.